The summed E-state index contributed by atoms with van der Waals surface area (Å²) in [6.07, 6.45) is 0. The molecule has 1 fully saturated rings. The highest BCUT2D eigenvalue weighted by molar-refractivity contribution is 7.11. The molecule has 0 spiro atoms. The van der Waals surface area contributed by atoms with Crippen LogP contribution in [0.1, 0.15) is 17.2 Å². The van der Waals surface area contributed by atoms with Crippen LogP contribution in [-0.4, -0.2) is 44.8 Å². The molecule has 0 N–H and O–H groups in total. The van der Waals surface area contributed by atoms with Crippen LogP contribution >= 0.6 is 23.1 Å². The van der Waals surface area contributed by atoms with Crippen molar-refractivity contribution in [1.82, 2.24) is 18.7 Å². The maximum absolute atomic E-state index is 6.17. The van der Waals surface area contributed by atoms with Crippen molar-refractivity contribution in [2.24, 2.45) is 0 Å². The summed E-state index contributed by atoms with van der Waals surface area (Å²) in [5.41, 5.74) is 4.72. The largest absolute Gasteiger partial charge is 0.339 e. The number of anilines is 1. The van der Waals surface area contributed by atoms with Crippen LogP contribution in [0.25, 0.3) is 16.0 Å². The van der Waals surface area contributed by atoms with Crippen LogP contribution in [0.5, 0.6) is 0 Å². The number of fused-ring (bicyclic) bond motifs is 3. The Hall–Kier alpha value is -2.93. The average Bonchev–Trinajstić information content (AvgIpc) is 3.41. The van der Waals surface area contributed by atoms with E-state index >= 15 is 0 Å². The highest BCUT2D eigenvalue weighted by Crippen LogP contribution is 2.32. The minimum absolute atomic E-state index is 0.208. The molecule has 1 aliphatic rings. The van der Waals surface area contributed by atoms with Crippen molar-refractivity contribution >= 4 is 45.1 Å². The predicted octanol–water partition coefficient (Wildman–Crippen LogP) is 5.51. The number of benzene rings is 3. The normalized spacial score (nSPS) is 16.1. The van der Waals surface area contributed by atoms with Gasteiger partial charge in [-0.15, -0.1) is 0 Å². The van der Waals surface area contributed by atoms with Crippen LogP contribution in [0.15, 0.2) is 78.9 Å². The molecule has 2 aromatic heterocycles. The molecule has 1 saturated heterocycles. The Kier molecular flexibility index (Phi) is 5.06. The first kappa shape index (κ1) is 19.7. The maximum atomic E-state index is 6.17. The van der Waals surface area contributed by atoms with Gasteiger partial charge in [-0.3, -0.25) is 9.30 Å². The van der Waals surface area contributed by atoms with Gasteiger partial charge in [-0.25, -0.2) is 4.98 Å². The van der Waals surface area contributed by atoms with E-state index in [-0.39, 0.29) is 6.04 Å². The third-order valence-corrected chi connectivity index (χ3v) is 7.15. The Morgan fingerprint density at radius 3 is 2.25 bits per heavy atom. The van der Waals surface area contributed by atoms with Crippen molar-refractivity contribution in [1.29, 1.82) is 0 Å². The molecule has 1 atom stereocenters. The lowest BCUT2D eigenvalue weighted by atomic mass is 9.96. The molecular formula is C25H22ClN5S. The summed E-state index contributed by atoms with van der Waals surface area (Å²) >= 11 is 7.64. The minimum Gasteiger partial charge on any atom is -0.339 e. The lowest BCUT2D eigenvalue weighted by Gasteiger charge is -2.39. The molecule has 1 aliphatic heterocycles. The number of imidazole rings is 1. The van der Waals surface area contributed by atoms with E-state index in [1.54, 1.807) is 0 Å². The van der Waals surface area contributed by atoms with E-state index in [9.17, 15) is 0 Å². The summed E-state index contributed by atoms with van der Waals surface area (Å²) in [6.45, 7) is 3.74. The van der Waals surface area contributed by atoms with E-state index in [0.29, 0.717) is 0 Å². The molecule has 0 saturated carbocycles. The van der Waals surface area contributed by atoms with E-state index in [4.69, 9.17) is 21.0 Å². The second-order valence-electron chi connectivity index (χ2n) is 8.09. The zero-order chi connectivity index (χ0) is 21.5. The summed E-state index contributed by atoms with van der Waals surface area (Å²) in [5.74, 6) is 1.00. The topological polar surface area (TPSA) is 36.7 Å². The molecule has 0 bridgehead atoms. The number of para-hydroxylation sites is 2. The lowest BCUT2D eigenvalue weighted by Crippen LogP contribution is -2.48. The molecule has 3 aromatic carbocycles. The average molecular weight is 460 g/mol. The second-order valence-corrected chi connectivity index (χ2v) is 9.26. The van der Waals surface area contributed by atoms with Crippen molar-refractivity contribution in [3.63, 3.8) is 0 Å². The van der Waals surface area contributed by atoms with E-state index in [1.807, 2.05) is 18.2 Å². The van der Waals surface area contributed by atoms with Crippen LogP contribution < -0.4 is 4.90 Å². The molecule has 5 aromatic rings. The van der Waals surface area contributed by atoms with E-state index in [1.165, 1.54) is 22.7 Å². The number of aromatic nitrogens is 3. The van der Waals surface area contributed by atoms with Gasteiger partial charge in [0.25, 0.3) is 0 Å². The van der Waals surface area contributed by atoms with Gasteiger partial charge in [0, 0.05) is 42.7 Å². The van der Waals surface area contributed by atoms with E-state index in [2.05, 4.69) is 74.9 Å². The van der Waals surface area contributed by atoms with Gasteiger partial charge < -0.3 is 4.90 Å². The molecule has 0 radical (unpaired) electrons. The second kappa shape index (κ2) is 8.20. The zero-order valence-electron chi connectivity index (χ0n) is 17.4. The van der Waals surface area contributed by atoms with Gasteiger partial charge in [-0.05, 0) is 35.4 Å². The van der Waals surface area contributed by atoms with Gasteiger partial charge in [0.05, 0.1) is 17.1 Å². The van der Waals surface area contributed by atoms with Gasteiger partial charge in [0.15, 0.2) is 0 Å². The standard InChI is InChI=1S/C25H22ClN5S/c26-20-12-10-19(11-13-20)23(18-6-2-1-3-7-18)29-14-16-30(17-15-29)24-28-32-25-27-21-8-4-5-9-22(21)31(24)25/h1-13,23H,14-17H2. The summed E-state index contributed by atoms with van der Waals surface area (Å²) < 4.78 is 6.96. The monoisotopic (exact) mass is 459 g/mol. The predicted molar refractivity (Wildman–Crippen MR) is 132 cm³/mol. The van der Waals surface area contributed by atoms with Crippen molar-refractivity contribution in [2.75, 3.05) is 31.1 Å². The van der Waals surface area contributed by atoms with Crippen molar-refractivity contribution in [2.45, 2.75) is 6.04 Å². The van der Waals surface area contributed by atoms with Crippen LogP contribution in [0, 0.1) is 0 Å². The lowest BCUT2D eigenvalue weighted by molar-refractivity contribution is 0.211. The van der Waals surface area contributed by atoms with E-state index in [0.717, 1.165) is 53.1 Å². The molecular weight excluding hydrogens is 438 g/mol. The SMILES string of the molecule is Clc1ccc(C(c2ccccc2)N2CCN(c3nsc4nc5ccccc5n34)CC2)cc1. The fraction of sp³-hybridized carbons (Fsp3) is 0.200. The molecule has 160 valence electrons. The molecule has 6 rings (SSSR count). The Morgan fingerprint density at radius 1 is 0.781 bits per heavy atom. The highest BCUT2D eigenvalue weighted by Gasteiger charge is 2.28. The van der Waals surface area contributed by atoms with Crippen molar-refractivity contribution < 1.29 is 0 Å². The third kappa shape index (κ3) is 3.45. The van der Waals surface area contributed by atoms with Crippen LogP contribution in [0.3, 0.4) is 0 Å². The van der Waals surface area contributed by atoms with Crippen LogP contribution in [0.2, 0.25) is 5.02 Å². The third-order valence-electron chi connectivity index (χ3n) is 6.20. The minimum atomic E-state index is 0.208. The smallest absolute Gasteiger partial charge is 0.223 e. The first-order chi connectivity index (χ1) is 15.8. The Morgan fingerprint density at radius 2 is 1.47 bits per heavy atom. The first-order valence-electron chi connectivity index (χ1n) is 10.8. The number of rotatable bonds is 4. The number of hydrogen-bond acceptors (Lipinski definition) is 5. The Balaban J connectivity index is 1.29. The molecule has 5 nitrogen and oxygen atoms in total. The maximum Gasteiger partial charge on any atom is 0.223 e. The van der Waals surface area contributed by atoms with Gasteiger partial charge >= 0.3 is 0 Å². The molecule has 3 heterocycles. The number of nitrogens with zero attached hydrogens (tertiary/aromatic N) is 5. The Labute approximate surface area is 195 Å². The van der Waals surface area contributed by atoms with Crippen molar-refractivity contribution in [3.8, 4) is 0 Å². The number of piperazine rings is 1. The fourth-order valence-electron chi connectivity index (χ4n) is 4.65. The Bertz CT molecular complexity index is 1350. The quantitative estimate of drug-likeness (QED) is 0.355. The summed E-state index contributed by atoms with van der Waals surface area (Å²) in [5, 5.41) is 0.769. The molecule has 1 unspecified atom stereocenters. The van der Waals surface area contributed by atoms with Gasteiger partial charge in [0.1, 0.15) is 0 Å². The zero-order valence-corrected chi connectivity index (χ0v) is 19.0. The highest BCUT2D eigenvalue weighted by atomic mass is 35.5. The molecule has 0 amide bonds. The van der Waals surface area contributed by atoms with Crippen LogP contribution in [0.4, 0.5) is 5.95 Å². The molecule has 7 heteroatoms. The first-order valence-corrected chi connectivity index (χ1v) is 12.0. The summed E-state index contributed by atoms with van der Waals surface area (Å²) in [7, 11) is 0. The van der Waals surface area contributed by atoms with Gasteiger partial charge in [-0.1, -0.05) is 66.2 Å². The van der Waals surface area contributed by atoms with Crippen molar-refractivity contribution in [3.05, 3.63) is 95.0 Å². The summed E-state index contributed by atoms with van der Waals surface area (Å²) in [4.78, 5) is 10.6. The summed E-state index contributed by atoms with van der Waals surface area (Å²) in [6, 6.07) is 27.5. The molecule has 32 heavy (non-hydrogen) atoms. The molecule has 0 aliphatic carbocycles. The van der Waals surface area contributed by atoms with Gasteiger partial charge in [-0.2, -0.15) is 4.37 Å². The fourth-order valence-corrected chi connectivity index (χ4v) is 5.54. The number of halogens is 1. The van der Waals surface area contributed by atoms with Crippen LogP contribution in [-0.2, 0) is 0 Å². The number of hydrogen-bond donors (Lipinski definition) is 0. The van der Waals surface area contributed by atoms with Gasteiger partial charge in [0.2, 0.25) is 10.9 Å². The van der Waals surface area contributed by atoms with E-state index < -0.39 is 0 Å².